The van der Waals surface area contributed by atoms with E-state index in [-0.39, 0.29) is 16.9 Å². The van der Waals surface area contributed by atoms with Gasteiger partial charge in [0.2, 0.25) is 0 Å². The van der Waals surface area contributed by atoms with E-state index >= 15 is 0 Å². The summed E-state index contributed by atoms with van der Waals surface area (Å²) >= 11 is 6.57. The van der Waals surface area contributed by atoms with Crippen LogP contribution < -0.4 is 10.1 Å². The summed E-state index contributed by atoms with van der Waals surface area (Å²) in [5, 5.41) is 23.4. The van der Waals surface area contributed by atoms with Crippen LogP contribution in [-0.2, 0) is 11.2 Å². The van der Waals surface area contributed by atoms with E-state index in [1.54, 1.807) is 12.1 Å². The number of nitro benzene ring substituents is 1. The molecule has 0 heterocycles. The number of nitro groups is 1. The molecule has 0 spiro atoms. The molecule has 0 fully saturated rings. The van der Waals surface area contributed by atoms with Gasteiger partial charge in [-0.1, -0.05) is 47.0 Å². The minimum atomic E-state index is -0.697. The summed E-state index contributed by atoms with van der Waals surface area (Å²) in [6.45, 7) is 4.07. The number of nitrogens with zero attached hydrogens (tertiary/aromatic N) is 2. The van der Waals surface area contributed by atoms with Crippen LogP contribution in [0.3, 0.4) is 0 Å². The number of non-ortho nitro benzene ring substituents is 1. The molecule has 7 nitrogen and oxygen atoms in total. The quantitative estimate of drug-likeness (QED) is 0.195. The smallest absolute Gasteiger partial charge is 0.271 e. The second-order valence-electron chi connectivity index (χ2n) is 7.79. The molecular formula is C26H22ClN3O4. The maximum absolute atomic E-state index is 12.6. The highest BCUT2D eigenvalue weighted by Gasteiger charge is 2.15. The summed E-state index contributed by atoms with van der Waals surface area (Å²) in [6.07, 6.45) is 1.95. The maximum Gasteiger partial charge on any atom is 0.271 e. The van der Waals surface area contributed by atoms with Crippen LogP contribution in [0.1, 0.15) is 27.8 Å². The number of carbonyl (C=O) groups is 1. The summed E-state index contributed by atoms with van der Waals surface area (Å²) in [6, 6.07) is 17.0. The third-order valence-electron chi connectivity index (χ3n) is 5.05. The third-order valence-corrected chi connectivity index (χ3v) is 5.39. The zero-order valence-corrected chi connectivity index (χ0v) is 19.6. The van der Waals surface area contributed by atoms with E-state index < -0.39 is 10.8 Å². The maximum atomic E-state index is 12.6. The molecule has 0 unspecified atom stereocenters. The summed E-state index contributed by atoms with van der Waals surface area (Å²) < 4.78 is 5.55. The van der Waals surface area contributed by atoms with E-state index in [4.69, 9.17) is 16.3 Å². The molecule has 0 aromatic heterocycles. The minimum absolute atomic E-state index is 0.170. The van der Waals surface area contributed by atoms with Crippen LogP contribution in [0.25, 0.3) is 6.08 Å². The number of aryl methyl sites for hydroxylation is 2. The van der Waals surface area contributed by atoms with Gasteiger partial charge in [0.25, 0.3) is 11.6 Å². The number of nitriles is 1. The van der Waals surface area contributed by atoms with Crippen LogP contribution in [0.15, 0.2) is 60.2 Å². The number of methoxy groups -OCH3 is 1. The normalized spacial score (nSPS) is 11.0. The zero-order chi connectivity index (χ0) is 24.8. The minimum Gasteiger partial charge on any atom is -0.496 e. The molecule has 0 bridgehead atoms. The Morgan fingerprint density at radius 3 is 2.50 bits per heavy atom. The number of carbonyl (C=O) groups excluding carboxylic acids is 1. The number of ether oxygens (including phenoxy) is 1. The SMILES string of the molecule is COc1cc(/C=C(\C#N)C(=O)Nc2cccc([N+](=O)[O-])c2)cc(Cl)c1Cc1cc(C)cc(C)c1. The van der Waals surface area contributed by atoms with E-state index in [0.717, 1.165) is 22.3 Å². The van der Waals surface area contributed by atoms with Crippen molar-refractivity contribution in [1.82, 2.24) is 0 Å². The number of hydrogen-bond acceptors (Lipinski definition) is 5. The third kappa shape index (κ3) is 6.00. The lowest BCUT2D eigenvalue weighted by Crippen LogP contribution is -2.13. The predicted octanol–water partition coefficient (Wildman–Crippen LogP) is 6.01. The van der Waals surface area contributed by atoms with Crippen LogP contribution in [0.2, 0.25) is 5.02 Å². The van der Waals surface area contributed by atoms with Gasteiger partial charge in [0, 0.05) is 34.8 Å². The van der Waals surface area contributed by atoms with E-state index in [1.807, 2.05) is 19.9 Å². The van der Waals surface area contributed by atoms with E-state index in [0.29, 0.717) is 22.8 Å². The Hall–Kier alpha value is -4.15. The second kappa shape index (κ2) is 10.6. The van der Waals surface area contributed by atoms with Gasteiger partial charge in [0.05, 0.1) is 12.0 Å². The molecule has 3 aromatic carbocycles. The van der Waals surface area contributed by atoms with E-state index in [2.05, 4.69) is 23.5 Å². The van der Waals surface area contributed by atoms with Crippen molar-refractivity contribution in [2.45, 2.75) is 20.3 Å². The molecule has 0 saturated carbocycles. The monoisotopic (exact) mass is 475 g/mol. The fourth-order valence-electron chi connectivity index (χ4n) is 3.65. The van der Waals surface area contributed by atoms with Gasteiger partial charge in [-0.25, -0.2) is 0 Å². The van der Waals surface area contributed by atoms with Crippen LogP contribution >= 0.6 is 11.6 Å². The van der Waals surface area contributed by atoms with Crippen molar-refractivity contribution in [3.05, 3.63) is 103 Å². The Morgan fingerprint density at radius 1 is 1.18 bits per heavy atom. The number of nitrogens with one attached hydrogen (secondary N) is 1. The Morgan fingerprint density at radius 2 is 1.88 bits per heavy atom. The molecule has 0 atom stereocenters. The van der Waals surface area contributed by atoms with Gasteiger partial charge < -0.3 is 10.1 Å². The molecule has 0 aliphatic rings. The number of anilines is 1. The van der Waals surface area contributed by atoms with Gasteiger partial charge in [0.15, 0.2) is 0 Å². The average Bonchev–Trinajstić information content (AvgIpc) is 2.78. The lowest BCUT2D eigenvalue weighted by Gasteiger charge is -2.13. The highest BCUT2D eigenvalue weighted by Crippen LogP contribution is 2.32. The number of hydrogen-bond donors (Lipinski definition) is 1. The molecule has 3 rings (SSSR count). The van der Waals surface area contributed by atoms with Crippen LogP contribution in [0.5, 0.6) is 5.75 Å². The Kier molecular flexibility index (Phi) is 7.67. The van der Waals surface area contributed by atoms with E-state index in [1.165, 1.54) is 37.5 Å². The van der Waals surface area contributed by atoms with Gasteiger partial charge in [0.1, 0.15) is 17.4 Å². The second-order valence-corrected chi connectivity index (χ2v) is 8.19. The topological polar surface area (TPSA) is 105 Å². The Bertz CT molecular complexity index is 1320. The molecule has 34 heavy (non-hydrogen) atoms. The first-order valence-electron chi connectivity index (χ1n) is 10.3. The van der Waals surface area contributed by atoms with Gasteiger partial charge in [-0.3, -0.25) is 14.9 Å². The zero-order valence-electron chi connectivity index (χ0n) is 18.9. The lowest BCUT2D eigenvalue weighted by atomic mass is 9.98. The molecule has 0 aliphatic heterocycles. The Labute approximate surface area is 202 Å². The van der Waals surface area contributed by atoms with Crippen molar-refractivity contribution in [2.75, 3.05) is 12.4 Å². The van der Waals surface area contributed by atoms with Crippen molar-refractivity contribution < 1.29 is 14.5 Å². The molecule has 172 valence electrons. The largest absolute Gasteiger partial charge is 0.496 e. The van der Waals surface area contributed by atoms with Gasteiger partial charge >= 0.3 is 0 Å². The molecule has 0 saturated heterocycles. The van der Waals surface area contributed by atoms with Crippen molar-refractivity contribution in [3.63, 3.8) is 0 Å². The summed E-state index contributed by atoms with van der Waals surface area (Å²) in [7, 11) is 1.53. The predicted molar refractivity (Wildman–Crippen MR) is 132 cm³/mol. The van der Waals surface area contributed by atoms with Crippen molar-refractivity contribution >= 4 is 35.0 Å². The van der Waals surface area contributed by atoms with Crippen LogP contribution in [0, 0.1) is 35.3 Å². The molecule has 0 radical (unpaired) electrons. The number of amides is 1. The lowest BCUT2D eigenvalue weighted by molar-refractivity contribution is -0.384. The average molecular weight is 476 g/mol. The van der Waals surface area contributed by atoms with Crippen molar-refractivity contribution in [3.8, 4) is 11.8 Å². The summed E-state index contributed by atoms with van der Waals surface area (Å²) in [4.78, 5) is 23.0. The fourth-order valence-corrected chi connectivity index (χ4v) is 3.94. The number of benzene rings is 3. The van der Waals surface area contributed by atoms with Gasteiger partial charge in [-0.2, -0.15) is 5.26 Å². The number of halogens is 1. The number of rotatable bonds is 7. The molecule has 1 N–H and O–H groups in total. The first-order chi connectivity index (χ1) is 16.2. The van der Waals surface area contributed by atoms with Gasteiger partial charge in [-0.05, 0) is 49.2 Å². The highest BCUT2D eigenvalue weighted by molar-refractivity contribution is 6.31. The van der Waals surface area contributed by atoms with Crippen molar-refractivity contribution in [2.24, 2.45) is 0 Å². The summed E-state index contributed by atoms with van der Waals surface area (Å²) in [5.41, 5.74) is 4.55. The first-order valence-corrected chi connectivity index (χ1v) is 10.7. The summed E-state index contributed by atoms with van der Waals surface area (Å²) in [5.74, 6) is -0.160. The van der Waals surface area contributed by atoms with Crippen LogP contribution in [0.4, 0.5) is 11.4 Å². The molecular weight excluding hydrogens is 454 g/mol. The molecule has 1 amide bonds. The Balaban J connectivity index is 1.89. The molecule has 8 heteroatoms. The molecule has 0 aliphatic carbocycles. The fraction of sp³-hybridized carbons (Fsp3) is 0.154. The van der Waals surface area contributed by atoms with Gasteiger partial charge in [-0.15, -0.1) is 0 Å². The first kappa shape index (κ1) is 24.5. The van der Waals surface area contributed by atoms with E-state index in [9.17, 15) is 20.2 Å². The van der Waals surface area contributed by atoms with Crippen LogP contribution in [-0.4, -0.2) is 17.9 Å². The standard InChI is InChI=1S/C26H22ClN3O4/c1-16-7-17(2)9-18(8-16)11-23-24(27)12-19(13-25(23)34-3)10-20(15-28)26(31)29-21-5-4-6-22(14-21)30(32)33/h4-10,12-14H,11H2,1-3H3,(H,29,31)/b20-10+. The van der Waals surface area contributed by atoms with Crippen molar-refractivity contribution in [1.29, 1.82) is 5.26 Å². The highest BCUT2D eigenvalue weighted by atomic mass is 35.5. The molecule has 3 aromatic rings.